The Kier molecular flexibility index (Phi) is 10.2. The van der Waals surface area contributed by atoms with Crippen LogP contribution in [0.2, 0.25) is 0 Å². The molecule has 1 aromatic rings. The number of nitrogens with one attached hydrogen (secondary N) is 2. The number of carbonyl (C=O) groups excluding carboxylic acids is 3. The van der Waals surface area contributed by atoms with Crippen LogP contribution < -0.4 is 10.6 Å². The first kappa shape index (κ1) is 24.4. The summed E-state index contributed by atoms with van der Waals surface area (Å²) < 4.78 is 10.3. The fourth-order valence-corrected chi connectivity index (χ4v) is 2.49. The van der Waals surface area contributed by atoms with Gasteiger partial charge in [-0.25, -0.2) is 4.79 Å². The fraction of sp³-hybridized carbons (Fsp3) is 0.571. The molecule has 1 rings (SSSR count). The molecule has 0 bridgehead atoms. The monoisotopic (exact) mass is 408 g/mol. The Morgan fingerprint density at radius 2 is 1.79 bits per heavy atom. The number of amides is 2. The summed E-state index contributed by atoms with van der Waals surface area (Å²) in [6, 6.07) is 8.56. The van der Waals surface area contributed by atoms with E-state index < -0.39 is 35.7 Å². The normalized spacial score (nSPS) is 13.1. The molecule has 0 heterocycles. The molecule has 3 N–H and O–H groups in total. The summed E-state index contributed by atoms with van der Waals surface area (Å²) in [5.41, 5.74) is 0.182. The third-order valence-corrected chi connectivity index (χ3v) is 3.83. The van der Waals surface area contributed by atoms with Crippen LogP contribution in [0.15, 0.2) is 30.3 Å². The van der Waals surface area contributed by atoms with Crippen LogP contribution in [-0.4, -0.2) is 47.4 Å². The van der Waals surface area contributed by atoms with E-state index in [-0.39, 0.29) is 19.6 Å². The molecule has 0 aliphatic rings. The Morgan fingerprint density at radius 1 is 1.14 bits per heavy atom. The highest BCUT2D eigenvalue weighted by atomic mass is 16.6. The number of alkyl carbamates (subject to hydrolysis) is 1. The van der Waals surface area contributed by atoms with E-state index in [9.17, 15) is 19.5 Å². The average Bonchev–Trinajstić information content (AvgIpc) is 2.63. The molecule has 162 valence electrons. The van der Waals surface area contributed by atoms with Crippen LogP contribution in [-0.2, 0) is 25.7 Å². The third kappa shape index (κ3) is 11.1. The molecule has 1 unspecified atom stereocenters. The summed E-state index contributed by atoms with van der Waals surface area (Å²) in [7, 11) is 0. The number of rotatable bonds is 10. The fourth-order valence-electron chi connectivity index (χ4n) is 2.49. The van der Waals surface area contributed by atoms with Crippen molar-refractivity contribution in [3.63, 3.8) is 0 Å². The van der Waals surface area contributed by atoms with Gasteiger partial charge in [0.05, 0.1) is 18.6 Å². The molecule has 8 nitrogen and oxygen atoms in total. The molecule has 0 radical (unpaired) electrons. The Balaban J connectivity index is 2.40. The molecule has 0 aliphatic carbocycles. The maximum atomic E-state index is 12.0. The van der Waals surface area contributed by atoms with Gasteiger partial charge in [0.25, 0.3) is 0 Å². The van der Waals surface area contributed by atoms with Gasteiger partial charge in [-0.1, -0.05) is 43.7 Å². The highest BCUT2D eigenvalue weighted by Gasteiger charge is 2.25. The van der Waals surface area contributed by atoms with Gasteiger partial charge in [0.15, 0.2) is 0 Å². The van der Waals surface area contributed by atoms with Gasteiger partial charge in [0.1, 0.15) is 18.8 Å². The predicted octanol–water partition coefficient (Wildman–Crippen LogP) is 2.29. The number of aliphatic hydroxyl groups is 1. The van der Waals surface area contributed by atoms with E-state index in [1.54, 1.807) is 20.8 Å². The molecule has 1 aromatic carbocycles. The maximum absolute atomic E-state index is 12.0. The number of hydrogen-bond acceptors (Lipinski definition) is 6. The summed E-state index contributed by atoms with van der Waals surface area (Å²) in [4.78, 5) is 35.7. The SMILES string of the molecule is CCC[C@H](NC(=O)OC(C)(C)C)C(O)CC(=O)NCC(=O)OCc1ccccc1. The number of aliphatic hydroxyl groups excluding tert-OH is 1. The molecule has 29 heavy (non-hydrogen) atoms. The van der Waals surface area contributed by atoms with E-state index >= 15 is 0 Å². The summed E-state index contributed by atoms with van der Waals surface area (Å²) in [5.74, 6) is -1.09. The number of ether oxygens (including phenoxy) is 2. The molecule has 8 heteroatoms. The predicted molar refractivity (Wildman–Crippen MR) is 108 cm³/mol. The Bertz CT molecular complexity index is 657. The number of carbonyl (C=O) groups is 3. The largest absolute Gasteiger partial charge is 0.460 e. The molecule has 2 amide bonds. The topological polar surface area (TPSA) is 114 Å². The van der Waals surface area contributed by atoms with Crippen LogP contribution in [0.4, 0.5) is 4.79 Å². The van der Waals surface area contributed by atoms with Crippen molar-refractivity contribution in [1.29, 1.82) is 0 Å². The van der Waals surface area contributed by atoms with Gasteiger partial charge in [0, 0.05) is 0 Å². The van der Waals surface area contributed by atoms with Crippen molar-refractivity contribution < 1.29 is 29.0 Å². The summed E-state index contributed by atoms with van der Waals surface area (Å²) in [5, 5.41) is 15.3. The molecular formula is C21H32N2O6. The summed E-state index contributed by atoms with van der Waals surface area (Å²) >= 11 is 0. The maximum Gasteiger partial charge on any atom is 0.407 e. The highest BCUT2D eigenvalue weighted by molar-refractivity contribution is 5.82. The summed E-state index contributed by atoms with van der Waals surface area (Å²) in [6.07, 6.45) is -0.841. The van der Waals surface area contributed by atoms with Crippen LogP contribution in [0.3, 0.4) is 0 Å². The smallest absolute Gasteiger partial charge is 0.407 e. The van der Waals surface area contributed by atoms with Crippen molar-refractivity contribution in [1.82, 2.24) is 10.6 Å². The van der Waals surface area contributed by atoms with Gasteiger partial charge in [-0.3, -0.25) is 9.59 Å². The van der Waals surface area contributed by atoms with Gasteiger partial charge in [0.2, 0.25) is 5.91 Å². The Labute approximate surface area is 172 Å². The number of esters is 1. The highest BCUT2D eigenvalue weighted by Crippen LogP contribution is 2.10. The van der Waals surface area contributed by atoms with Crippen molar-refractivity contribution in [2.75, 3.05) is 6.54 Å². The zero-order chi connectivity index (χ0) is 21.9. The second kappa shape index (κ2) is 12.1. The van der Waals surface area contributed by atoms with Crippen LogP contribution >= 0.6 is 0 Å². The third-order valence-electron chi connectivity index (χ3n) is 3.83. The molecule has 0 fully saturated rings. The van der Waals surface area contributed by atoms with E-state index in [0.29, 0.717) is 12.8 Å². The zero-order valence-electron chi connectivity index (χ0n) is 17.6. The molecule has 0 spiro atoms. The first-order valence-corrected chi connectivity index (χ1v) is 9.74. The number of benzene rings is 1. The van der Waals surface area contributed by atoms with E-state index in [2.05, 4.69) is 10.6 Å². The van der Waals surface area contributed by atoms with E-state index in [1.165, 1.54) is 0 Å². The van der Waals surface area contributed by atoms with Crippen LogP contribution in [0, 0.1) is 0 Å². The lowest BCUT2D eigenvalue weighted by Crippen LogP contribution is -2.47. The van der Waals surface area contributed by atoms with Crippen molar-refractivity contribution in [2.45, 2.75) is 71.3 Å². The Hall–Kier alpha value is -2.61. The molecule has 0 aromatic heterocycles. The quantitative estimate of drug-likeness (QED) is 0.512. The second-order valence-electron chi connectivity index (χ2n) is 7.74. The lowest BCUT2D eigenvalue weighted by molar-refractivity contribution is -0.145. The van der Waals surface area contributed by atoms with E-state index in [1.807, 2.05) is 37.3 Å². The standard InChI is InChI=1S/C21H32N2O6/c1-5-9-16(23-20(27)29-21(2,3)4)17(24)12-18(25)22-13-19(26)28-14-15-10-7-6-8-11-15/h6-8,10-11,16-17,24H,5,9,12-14H2,1-4H3,(H,22,25)(H,23,27)/t16-,17?/m0/s1. The van der Waals surface area contributed by atoms with Crippen LogP contribution in [0.5, 0.6) is 0 Å². The lowest BCUT2D eigenvalue weighted by atomic mass is 10.0. The summed E-state index contributed by atoms with van der Waals surface area (Å²) in [6.45, 7) is 6.94. The molecule has 0 aliphatic heterocycles. The van der Waals surface area contributed by atoms with Gasteiger partial charge in [-0.15, -0.1) is 0 Å². The first-order chi connectivity index (χ1) is 13.6. The van der Waals surface area contributed by atoms with Crippen molar-refractivity contribution in [3.05, 3.63) is 35.9 Å². The van der Waals surface area contributed by atoms with E-state index in [0.717, 1.165) is 5.56 Å². The van der Waals surface area contributed by atoms with Crippen molar-refractivity contribution in [2.24, 2.45) is 0 Å². The molecule has 2 atom stereocenters. The minimum Gasteiger partial charge on any atom is -0.460 e. The van der Waals surface area contributed by atoms with Crippen molar-refractivity contribution >= 4 is 18.0 Å². The minimum atomic E-state index is -1.11. The second-order valence-corrected chi connectivity index (χ2v) is 7.74. The Morgan fingerprint density at radius 3 is 2.38 bits per heavy atom. The minimum absolute atomic E-state index is 0.122. The zero-order valence-corrected chi connectivity index (χ0v) is 17.6. The molecule has 0 saturated heterocycles. The van der Waals surface area contributed by atoms with Gasteiger partial charge >= 0.3 is 12.1 Å². The molecular weight excluding hydrogens is 376 g/mol. The van der Waals surface area contributed by atoms with Gasteiger partial charge in [-0.2, -0.15) is 0 Å². The van der Waals surface area contributed by atoms with Gasteiger partial charge < -0.3 is 25.2 Å². The van der Waals surface area contributed by atoms with Crippen LogP contribution in [0.1, 0.15) is 52.5 Å². The van der Waals surface area contributed by atoms with E-state index in [4.69, 9.17) is 9.47 Å². The lowest BCUT2D eigenvalue weighted by Gasteiger charge is -2.26. The van der Waals surface area contributed by atoms with Crippen molar-refractivity contribution in [3.8, 4) is 0 Å². The molecule has 0 saturated carbocycles. The average molecular weight is 408 g/mol. The van der Waals surface area contributed by atoms with Gasteiger partial charge in [-0.05, 0) is 32.8 Å². The van der Waals surface area contributed by atoms with Crippen LogP contribution in [0.25, 0.3) is 0 Å². The number of hydrogen-bond donors (Lipinski definition) is 3. The first-order valence-electron chi connectivity index (χ1n) is 9.74.